The Labute approximate surface area is 177 Å². The van der Waals surface area contributed by atoms with Crippen LogP contribution in [0.2, 0.25) is 0 Å². The van der Waals surface area contributed by atoms with Gasteiger partial charge in [-0.3, -0.25) is 0 Å². The highest BCUT2D eigenvalue weighted by molar-refractivity contribution is 5.09. The van der Waals surface area contributed by atoms with E-state index in [0.717, 1.165) is 47.3 Å². The van der Waals surface area contributed by atoms with Crippen molar-refractivity contribution in [3.63, 3.8) is 0 Å². The van der Waals surface area contributed by atoms with Gasteiger partial charge in [-0.25, -0.2) is 0 Å². The molecule has 0 radical (unpaired) electrons. The predicted molar refractivity (Wildman–Crippen MR) is 122 cm³/mol. The lowest BCUT2D eigenvalue weighted by atomic mass is 9.44. The molecule has 0 aromatic heterocycles. The van der Waals surface area contributed by atoms with Crippen molar-refractivity contribution in [1.82, 2.24) is 0 Å². The fourth-order valence-corrected chi connectivity index (χ4v) is 9.33. The molecule has 0 heteroatoms. The maximum Gasteiger partial charge on any atom is -0.0264 e. The van der Waals surface area contributed by atoms with E-state index in [0.29, 0.717) is 10.8 Å². The van der Waals surface area contributed by atoms with E-state index >= 15 is 0 Å². The third-order valence-electron chi connectivity index (χ3n) is 11.6. The second-order valence-corrected chi connectivity index (χ2v) is 12.9. The van der Waals surface area contributed by atoms with Crippen LogP contribution in [0.15, 0.2) is 0 Å². The molecule has 0 spiro atoms. The molecule has 3 unspecified atom stereocenters. The van der Waals surface area contributed by atoms with Crippen molar-refractivity contribution in [3.8, 4) is 0 Å². The molecule has 0 bridgehead atoms. The Balaban J connectivity index is 1.46. The van der Waals surface area contributed by atoms with Crippen LogP contribution in [-0.2, 0) is 0 Å². The van der Waals surface area contributed by atoms with Gasteiger partial charge < -0.3 is 0 Å². The van der Waals surface area contributed by atoms with Gasteiger partial charge >= 0.3 is 0 Å². The molecule has 0 aromatic rings. The van der Waals surface area contributed by atoms with Gasteiger partial charge in [-0.15, -0.1) is 0 Å². The van der Waals surface area contributed by atoms with Crippen LogP contribution in [-0.4, -0.2) is 0 Å². The molecule has 0 saturated heterocycles. The molecule has 4 rings (SSSR count). The average Bonchev–Trinajstić information content (AvgIpc) is 3.02. The Hall–Kier alpha value is 0. The standard InChI is InChI=1S/C28H50/c1-19(2)20(3)10-11-21(4)24-14-15-25-23-13-12-22-9-7-8-17-27(22,5)26(23)16-18-28(24,25)6/h19-26H,7-18H2,1-6H3/t20?,21?,22?,23-,24+,25-,26-,27-,28+/m0/s1. The van der Waals surface area contributed by atoms with Crippen LogP contribution in [0, 0.1) is 58.2 Å². The van der Waals surface area contributed by atoms with E-state index in [9.17, 15) is 0 Å². The molecule has 0 aromatic carbocycles. The minimum atomic E-state index is 0.666. The summed E-state index contributed by atoms with van der Waals surface area (Å²) in [6, 6.07) is 0. The van der Waals surface area contributed by atoms with Crippen molar-refractivity contribution < 1.29 is 0 Å². The van der Waals surface area contributed by atoms with Crippen LogP contribution in [0.1, 0.15) is 119 Å². The van der Waals surface area contributed by atoms with E-state index in [-0.39, 0.29) is 0 Å². The summed E-state index contributed by atoms with van der Waals surface area (Å²) in [4.78, 5) is 0. The first-order valence-corrected chi connectivity index (χ1v) is 13.3. The van der Waals surface area contributed by atoms with Crippen LogP contribution in [0.3, 0.4) is 0 Å². The van der Waals surface area contributed by atoms with Gasteiger partial charge in [0.05, 0.1) is 0 Å². The predicted octanol–water partition coefficient (Wildman–Crippen LogP) is 8.74. The van der Waals surface area contributed by atoms with Crippen LogP contribution < -0.4 is 0 Å². The second-order valence-electron chi connectivity index (χ2n) is 12.9. The molecule has 4 aliphatic carbocycles. The fourth-order valence-electron chi connectivity index (χ4n) is 9.33. The van der Waals surface area contributed by atoms with Gasteiger partial charge in [-0.05, 0) is 110 Å². The SMILES string of the molecule is CC(C)C(C)CCC(C)[C@H]1CC[C@H]2[C@@H]3CCC4CCCC[C@]4(C)[C@H]3CC[C@]12C. The molecular formula is C28H50. The maximum absolute atomic E-state index is 2.75. The maximum atomic E-state index is 2.75. The lowest BCUT2D eigenvalue weighted by Crippen LogP contribution is -2.53. The molecular weight excluding hydrogens is 336 g/mol. The van der Waals surface area contributed by atoms with Gasteiger partial charge in [0.25, 0.3) is 0 Å². The number of fused-ring (bicyclic) bond motifs is 5. The summed E-state index contributed by atoms with van der Waals surface area (Å²) in [5.41, 5.74) is 1.37. The number of hydrogen-bond donors (Lipinski definition) is 0. The van der Waals surface area contributed by atoms with Gasteiger partial charge in [-0.2, -0.15) is 0 Å². The van der Waals surface area contributed by atoms with E-state index in [4.69, 9.17) is 0 Å². The highest BCUT2D eigenvalue weighted by atomic mass is 14.6. The Bertz CT molecular complexity index is 534. The summed E-state index contributed by atoms with van der Waals surface area (Å²) < 4.78 is 0. The summed E-state index contributed by atoms with van der Waals surface area (Å²) in [6.07, 6.45) is 18.4. The van der Waals surface area contributed by atoms with Gasteiger partial charge in [-0.1, -0.05) is 67.2 Å². The zero-order chi connectivity index (χ0) is 20.1. The normalized spacial score (nSPS) is 47.9. The quantitative estimate of drug-likeness (QED) is 0.443. The van der Waals surface area contributed by atoms with Crippen LogP contribution >= 0.6 is 0 Å². The van der Waals surface area contributed by atoms with Crippen LogP contribution in [0.25, 0.3) is 0 Å². The summed E-state index contributed by atoms with van der Waals surface area (Å²) in [5, 5.41) is 0. The van der Waals surface area contributed by atoms with E-state index in [1.165, 1.54) is 25.7 Å². The Morgan fingerprint density at radius 3 is 2.21 bits per heavy atom. The lowest BCUT2D eigenvalue weighted by molar-refractivity contribution is -0.114. The second kappa shape index (κ2) is 7.92. The van der Waals surface area contributed by atoms with Crippen LogP contribution in [0.5, 0.6) is 0 Å². The lowest BCUT2D eigenvalue weighted by Gasteiger charge is -2.61. The number of hydrogen-bond acceptors (Lipinski definition) is 0. The summed E-state index contributed by atoms with van der Waals surface area (Å²) in [5.74, 6) is 7.96. The Kier molecular flexibility index (Phi) is 6.01. The first-order valence-electron chi connectivity index (χ1n) is 13.3. The van der Waals surface area contributed by atoms with Gasteiger partial charge in [0.2, 0.25) is 0 Å². The molecule has 4 fully saturated rings. The molecule has 28 heavy (non-hydrogen) atoms. The van der Waals surface area contributed by atoms with E-state index < -0.39 is 0 Å². The van der Waals surface area contributed by atoms with Crippen LogP contribution in [0.4, 0.5) is 0 Å². The molecule has 9 atom stereocenters. The molecule has 4 aliphatic rings. The van der Waals surface area contributed by atoms with Crippen molar-refractivity contribution in [3.05, 3.63) is 0 Å². The molecule has 0 amide bonds. The molecule has 0 aliphatic heterocycles. The van der Waals surface area contributed by atoms with Crippen molar-refractivity contribution in [2.45, 2.75) is 119 Å². The summed E-state index contributed by atoms with van der Waals surface area (Å²) in [7, 11) is 0. The number of rotatable bonds is 5. The van der Waals surface area contributed by atoms with Gasteiger partial charge in [0.1, 0.15) is 0 Å². The topological polar surface area (TPSA) is 0 Å². The Morgan fingerprint density at radius 1 is 0.714 bits per heavy atom. The summed E-state index contributed by atoms with van der Waals surface area (Å²) in [6.45, 7) is 15.4. The summed E-state index contributed by atoms with van der Waals surface area (Å²) >= 11 is 0. The van der Waals surface area contributed by atoms with E-state index in [1.807, 2.05) is 0 Å². The third kappa shape index (κ3) is 3.41. The monoisotopic (exact) mass is 386 g/mol. The minimum absolute atomic E-state index is 0.666. The van der Waals surface area contributed by atoms with E-state index in [1.54, 1.807) is 51.4 Å². The molecule has 0 heterocycles. The highest BCUT2D eigenvalue weighted by Gasteiger charge is 2.60. The first kappa shape index (κ1) is 21.2. The molecule has 162 valence electrons. The highest BCUT2D eigenvalue weighted by Crippen LogP contribution is 2.68. The van der Waals surface area contributed by atoms with Gasteiger partial charge in [0.15, 0.2) is 0 Å². The van der Waals surface area contributed by atoms with Crippen molar-refractivity contribution in [1.29, 1.82) is 0 Å². The smallest absolute Gasteiger partial charge is 0.0264 e. The molecule has 0 N–H and O–H groups in total. The largest absolute Gasteiger partial charge is 0.0625 e. The Morgan fingerprint density at radius 2 is 1.46 bits per heavy atom. The third-order valence-corrected chi connectivity index (χ3v) is 11.6. The van der Waals surface area contributed by atoms with Gasteiger partial charge in [0, 0.05) is 0 Å². The average molecular weight is 387 g/mol. The first-order chi connectivity index (χ1) is 13.3. The zero-order valence-electron chi connectivity index (χ0n) is 20.1. The molecule has 4 saturated carbocycles. The van der Waals surface area contributed by atoms with Crippen molar-refractivity contribution in [2.75, 3.05) is 0 Å². The van der Waals surface area contributed by atoms with Crippen molar-refractivity contribution in [2.24, 2.45) is 58.2 Å². The zero-order valence-corrected chi connectivity index (χ0v) is 20.1. The fraction of sp³-hybridized carbons (Fsp3) is 1.00. The minimum Gasteiger partial charge on any atom is -0.0625 e. The molecule has 0 nitrogen and oxygen atoms in total. The van der Waals surface area contributed by atoms with E-state index in [2.05, 4.69) is 41.5 Å². The van der Waals surface area contributed by atoms with Crippen molar-refractivity contribution >= 4 is 0 Å².